The number of nitrogens with zero attached hydrogens (tertiary/aromatic N) is 2. The number of nitrogens with one attached hydrogen (secondary N) is 1. The van der Waals surface area contributed by atoms with E-state index in [-0.39, 0.29) is 0 Å². The third-order valence-corrected chi connectivity index (χ3v) is 5.13. The molecule has 0 radical (unpaired) electrons. The first-order chi connectivity index (χ1) is 13.0. The van der Waals surface area contributed by atoms with Crippen LogP contribution in [0.25, 0.3) is 10.2 Å². The van der Waals surface area contributed by atoms with Crippen LogP contribution < -0.4 is 5.32 Å². The minimum absolute atomic E-state index is 0.327. The summed E-state index contributed by atoms with van der Waals surface area (Å²) < 4.78 is 13.3. The second-order valence-corrected chi connectivity index (χ2v) is 7.33. The van der Waals surface area contributed by atoms with E-state index in [1.807, 2.05) is 20.0 Å². The zero-order chi connectivity index (χ0) is 19.4. The molecule has 7 nitrogen and oxygen atoms in total. The Bertz CT molecular complexity index is 949. The number of methoxy groups -OCH3 is 1. The first kappa shape index (κ1) is 19.1. The van der Waals surface area contributed by atoms with E-state index < -0.39 is 18.0 Å². The highest BCUT2D eigenvalue weighted by atomic mass is 32.1. The molecule has 3 aromatic heterocycles. The number of carbonyl (C=O) groups excluding carboxylic acids is 2. The minimum Gasteiger partial charge on any atom is -0.443 e. The molecule has 0 fully saturated rings. The molecule has 3 heterocycles. The smallest absolute Gasteiger partial charge is 0.356 e. The molecule has 27 heavy (non-hydrogen) atoms. The van der Waals surface area contributed by atoms with Crippen molar-refractivity contribution in [1.82, 2.24) is 14.9 Å². The normalized spacial score (nSPS) is 12.1. The van der Waals surface area contributed by atoms with Crippen LogP contribution in [0.3, 0.4) is 0 Å². The molecule has 0 saturated carbocycles. The summed E-state index contributed by atoms with van der Waals surface area (Å²) in [6, 6.07) is 7.12. The van der Waals surface area contributed by atoms with Crippen molar-refractivity contribution in [3.63, 3.8) is 0 Å². The number of aromatic nitrogens is 2. The van der Waals surface area contributed by atoms with E-state index >= 15 is 0 Å². The van der Waals surface area contributed by atoms with Gasteiger partial charge in [0, 0.05) is 43.5 Å². The van der Waals surface area contributed by atoms with Crippen LogP contribution in [-0.2, 0) is 21.3 Å². The summed E-state index contributed by atoms with van der Waals surface area (Å²) in [6.45, 7) is 2.72. The Morgan fingerprint density at radius 1 is 1.30 bits per heavy atom. The van der Waals surface area contributed by atoms with Gasteiger partial charge in [-0.3, -0.25) is 9.78 Å². The van der Waals surface area contributed by atoms with Crippen molar-refractivity contribution in [3.8, 4) is 0 Å². The van der Waals surface area contributed by atoms with Crippen LogP contribution in [0.1, 0.15) is 27.0 Å². The summed E-state index contributed by atoms with van der Waals surface area (Å²) in [7, 11) is 3.36. The molecule has 0 aliphatic heterocycles. The predicted molar refractivity (Wildman–Crippen MR) is 103 cm³/mol. The Hall–Kier alpha value is -2.71. The van der Waals surface area contributed by atoms with Crippen LogP contribution in [0.5, 0.6) is 0 Å². The molecule has 142 valence electrons. The monoisotopic (exact) mass is 387 g/mol. The lowest BCUT2D eigenvalue weighted by atomic mass is 10.1. The number of carbonyl (C=O) groups is 2. The van der Waals surface area contributed by atoms with Gasteiger partial charge in [0.05, 0.1) is 16.8 Å². The van der Waals surface area contributed by atoms with Gasteiger partial charge in [-0.1, -0.05) is 0 Å². The van der Waals surface area contributed by atoms with E-state index in [0.717, 1.165) is 10.2 Å². The van der Waals surface area contributed by atoms with Gasteiger partial charge in [0.2, 0.25) is 6.10 Å². The molecule has 3 aromatic rings. The van der Waals surface area contributed by atoms with Gasteiger partial charge in [-0.05, 0) is 31.2 Å². The van der Waals surface area contributed by atoms with Gasteiger partial charge >= 0.3 is 5.97 Å². The summed E-state index contributed by atoms with van der Waals surface area (Å²) in [4.78, 5) is 30.5. The van der Waals surface area contributed by atoms with Gasteiger partial charge in [-0.25, -0.2) is 4.79 Å². The van der Waals surface area contributed by atoms with E-state index in [4.69, 9.17) is 9.47 Å². The fourth-order valence-electron chi connectivity index (χ4n) is 2.78. The van der Waals surface area contributed by atoms with Crippen LogP contribution in [0.4, 0.5) is 0 Å². The Labute approximate surface area is 160 Å². The third-order valence-electron chi connectivity index (χ3n) is 4.14. The Kier molecular flexibility index (Phi) is 5.88. The maximum absolute atomic E-state index is 12.8. The number of esters is 1. The number of rotatable bonds is 7. The largest absolute Gasteiger partial charge is 0.443 e. The van der Waals surface area contributed by atoms with E-state index in [1.165, 1.54) is 4.88 Å². The molecule has 8 heteroatoms. The third kappa shape index (κ3) is 4.17. The number of thiophene rings is 1. The lowest BCUT2D eigenvalue weighted by Crippen LogP contribution is -2.34. The Morgan fingerprint density at radius 2 is 2.04 bits per heavy atom. The van der Waals surface area contributed by atoms with Crippen molar-refractivity contribution in [3.05, 3.63) is 52.8 Å². The standard InChI is InChI=1S/C19H21N3O4S/c1-12-10-14-16(27-12)11-15(22(14)2)19(24)26-17(13-4-6-20-7-5-13)18(23)21-8-9-25-3/h4-7,10-11,17H,8-9H2,1-3H3,(H,21,23)/t17-/m0/s1. The Morgan fingerprint density at radius 3 is 2.70 bits per heavy atom. The summed E-state index contributed by atoms with van der Waals surface area (Å²) in [6.07, 6.45) is 2.05. The van der Waals surface area contributed by atoms with Crippen LogP contribution in [-0.4, -0.2) is 41.7 Å². The van der Waals surface area contributed by atoms with Crippen molar-refractivity contribution in [2.24, 2.45) is 7.05 Å². The zero-order valence-electron chi connectivity index (χ0n) is 15.4. The number of amides is 1. The van der Waals surface area contributed by atoms with Crippen molar-refractivity contribution in [1.29, 1.82) is 0 Å². The number of hydrogen-bond acceptors (Lipinski definition) is 6. The summed E-state index contributed by atoms with van der Waals surface area (Å²) in [5, 5.41) is 2.72. The van der Waals surface area contributed by atoms with Crippen molar-refractivity contribution in [2.75, 3.05) is 20.3 Å². The fourth-order valence-corrected chi connectivity index (χ4v) is 3.77. The average molecular weight is 387 g/mol. The summed E-state index contributed by atoms with van der Waals surface area (Å²) >= 11 is 1.61. The predicted octanol–water partition coefficient (Wildman–Crippen LogP) is 2.60. The quantitative estimate of drug-likeness (QED) is 0.498. The van der Waals surface area contributed by atoms with E-state index in [2.05, 4.69) is 10.3 Å². The van der Waals surface area contributed by atoms with Gasteiger partial charge in [0.25, 0.3) is 5.91 Å². The van der Waals surface area contributed by atoms with Gasteiger partial charge in [-0.2, -0.15) is 0 Å². The molecule has 0 unspecified atom stereocenters. The van der Waals surface area contributed by atoms with Crippen molar-refractivity contribution in [2.45, 2.75) is 13.0 Å². The lowest BCUT2D eigenvalue weighted by Gasteiger charge is -2.18. The van der Waals surface area contributed by atoms with E-state index in [1.54, 1.807) is 53.6 Å². The highest BCUT2D eigenvalue weighted by Gasteiger charge is 2.27. The molecule has 1 atom stereocenters. The van der Waals surface area contributed by atoms with Crippen LogP contribution >= 0.6 is 11.3 Å². The van der Waals surface area contributed by atoms with Crippen LogP contribution in [0.2, 0.25) is 0 Å². The molecule has 0 aliphatic rings. The Balaban J connectivity index is 1.83. The molecule has 1 amide bonds. The fraction of sp³-hybridized carbons (Fsp3) is 0.316. The van der Waals surface area contributed by atoms with Gasteiger partial charge < -0.3 is 19.4 Å². The molecule has 0 spiro atoms. The molecule has 0 aliphatic carbocycles. The zero-order valence-corrected chi connectivity index (χ0v) is 16.2. The van der Waals surface area contributed by atoms with E-state index in [0.29, 0.717) is 24.4 Å². The van der Waals surface area contributed by atoms with Crippen LogP contribution in [0, 0.1) is 6.92 Å². The van der Waals surface area contributed by atoms with Gasteiger partial charge in [0.1, 0.15) is 5.69 Å². The number of pyridine rings is 1. The minimum atomic E-state index is -1.06. The first-order valence-corrected chi connectivity index (χ1v) is 9.26. The molecule has 3 rings (SSSR count). The van der Waals surface area contributed by atoms with Crippen LogP contribution in [0.15, 0.2) is 36.7 Å². The topological polar surface area (TPSA) is 82.5 Å². The second kappa shape index (κ2) is 8.32. The maximum Gasteiger partial charge on any atom is 0.356 e. The molecular weight excluding hydrogens is 366 g/mol. The van der Waals surface area contributed by atoms with Gasteiger partial charge in [-0.15, -0.1) is 11.3 Å². The highest BCUT2D eigenvalue weighted by Crippen LogP contribution is 2.29. The SMILES string of the molecule is COCCNC(=O)[C@@H](OC(=O)c1cc2sc(C)cc2n1C)c1ccncc1. The van der Waals surface area contributed by atoms with E-state index in [9.17, 15) is 9.59 Å². The number of aryl methyl sites for hydroxylation is 2. The summed E-state index contributed by atoms with van der Waals surface area (Å²) in [5.41, 5.74) is 1.93. The second-order valence-electron chi connectivity index (χ2n) is 6.04. The number of hydrogen-bond donors (Lipinski definition) is 1. The first-order valence-electron chi connectivity index (χ1n) is 8.44. The molecule has 0 bridgehead atoms. The summed E-state index contributed by atoms with van der Waals surface area (Å²) in [5.74, 6) is -0.958. The lowest BCUT2D eigenvalue weighted by molar-refractivity contribution is -0.130. The number of ether oxygens (including phenoxy) is 2. The molecule has 1 N–H and O–H groups in total. The number of fused-ring (bicyclic) bond motifs is 1. The molecule has 0 aromatic carbocycles. The maximum atomic E-state index is 12.8. The average Bonchev–Trinajstić information content (AvgIpc) is 3.17. The highest BCUT2D eigenvalue weighted by molar-refractivity contribution is 7.19. The van der Waals surface area contributed by atoms with Crippen molar-refractivity contribution < 1.29 is 19.1 Å². The van der Waals surface area contributed by atoms with Gasteiger partial charge in [0.15, 0.2) is 0 Å². The molecule has 0 saturated heterocycles. The van der Waals surface area contributed by atoms with Crippen molar-refractivity contribution >= 4 is 33.4 Å². The molecular formula is C19H21N3O4S.